The highest BCUT2D eigenvalue weighted by Crippen LogP contribution is 2.40. The fourth-order valence-corrected chi connectivity index (χ4v) is 4.25. The maximum absolute atomic E-state index is 13.6. The maximum Gasteiger partial charge on any atom is 0.256 e. The number of fused-ring (bicyclic) bond motifs is 1. The number of aryl methyl sites for hydroxylation is 1. The molecule has 3 aromatic rings. The number of rotatable bonds is 5. The van der Waals surface area contributed by atoms with Crippen molar-refractivity contribution >= 4 is 16.9 Å². The first-order chi connectivity index (χ1) is 14.4. The van der Waals surface area contributed by atoms with Crippen LogP contribution in [-0.4, -0.2) is 46.3 Å². The van der Waals surface area contributed by atoms with Gasteiger partial charge in [-0.15, -0.1) is 0 Å². The van der Waals surface area contributed by atoms with Crippen LogP contribution in [-0.2, 0) is 0 Å². The predicted molar refractivity (Wildman–Crippen MR) is 115 cm³/mol. The van der Waals surface area contributed by atoms with E-state index in [9.17, 15) is 4.79 Å². The summed E-state index contributed by atoms with van der Waals surface area (Å²) in [6, 6.07) is 7.81. The second kappa shape index (κ2) is 7.97. The molecule has 7 heteroatoms. The van der Waals surface area contributed by atoms with Gasteiger partial charge < -0.3 is 14.4 Å². The Labute approximate surface area is 176 Å². The third-order valence-corrected chi connectivity index (χ3v) is 5.79. The van der Waals surface area contributed by atoms with E-state index in [0.29, 0.717) is 12.1 Å². The first-order valence-corrected chi connectivity index (χ1v) is 10.3. The summed E-state index contributed by atoms with van der Waals surface area (Å²) in [5, 5.41) is 5.32. The lowest BCUT2D eigenvalue weighted by atomic mass is 10.0. The van der Waals surface area contributed by atoms with Gasteiger partial charge in [0.25, 0.3) is 5.91 Å². The molecule has 1 fully saturated rings. The summed E-state index contributed by atoms with van der Waals surface area (Å²) >= 11 is 0. The molecule has 2 aromatic heterocycles. The summed E-state index contributed by atoms with van der Waals surface area (Å²) in [5.41, 5.74) is 3.13. The number of nitrogens with zero attached hydrogens (tertiary/aromatic N) is 4. The largest absolute Gasteiger partial charge is 0.497 e. The van der Waals surface area contributed by atoms with Crippen molar-refractivity contribution in [3.8, 4) is 11.5 Å². The van der Waals surface area contributed by atoms with Crippen LogP contribution >= 0.6 is 0 Å². The third kappa shape index (κ3) is 3.38. The molecule has 0 bridgehead atoms. The van der Waals surface area contributed by atoms with Gasteiger partial charge in [-0.25, -0.2) is 9.67 Å². The first kappa shape index (κ1) is 20.2. The predicted octanol–water partition coefficient (Wildman–Crippen LogP) is 4.32. The number of pyridine rings is 1. The monoisotopic (exact) mass is 408 g/mol. The van der Waals surface area contributed by atoms with Crippen LogP contribution in [0.1, 0.15) is 60.4 Å². The van der Waals surface area contributed by atoms with E-state index < -0.39 is 0 Å². The van der Waals surface area contributed by atoms with E-state index in [1.807, 2.05) is 40.8 Å². The molecule has 1 unspecified atom stereocenters. The van der Waals surface area contributed by atoms with Gasteiger partial charge in [0.05, 0.1) is 37.7 Å². The Morgan fingerprint density at radius 2 is 2.00 bits per heavy atom. The Hall–Kier alpha value is -3.09. The number of aromatic nitrogens is 3. The number of methoxy groups -OCH3 is 2. The van der Waals surface area contributed by atoms with Gasteiger partial charge in [-0.3, -0.25) is 4.79 Å². The molecule has 0 saturated carbocycles. The van der Waals surface area contributed by atoms with Crippen LogP contribution in [0.5, 0.6) is 11.5 Å². The molecule has 158 valence electrons. The van der Waals surface area contributed by atoms with Crippen LogP contribution in [0.3, 0.4) is 0 Å². The Balaban J connectivity index is 1.72. The third-order valence-electron chi connectivity index (χ3n) is 5.79. The molecule has 1 aliphatic rings. The van der Waals surface area contributed by atoms with Crippen LogP contribution in [0.2, 0.25) is 0 Å². The number of amides is 1. The van der Waals surface area contributed by atoms with Gasteiger partial charge >= 0.3 is 0 Å². The molecule has 7 nitrogen and oxygen atoms in total. The molecule has 1 atom stereocenters. The van der Waals surface area contributed by atoms with Crippen molar-refractivity contribution in [1.82, 2.24) is 19.7 Å². The van der Waals surface area contributed by atoms with Gasteiger partial charge in [-0.2, -0.15) is 5.10 Å². The topological polar surface area (TPSA) is 69.5 Å². The van der Waals surface area contributed by atoms with Gasteiger partial charge in [0.2, 0.25) is 0 Å². The van der Waals surface area contributed by atoms with Crippen molar-refractivity contribution in [2.75, 3.05) is 20.8 Å². The molecule has 4 rings (SSSR count). The number of hydrogen-bond acceptors (Lipinski definition) is 5. The number of likely N-dealkylation sites (tertiary alicyclic amines) is 1. The second-order valence-electron chi connectivity index (χ2n) is 7.98. The molecule has 1 amide bonds. The highest BCUT2D eigenvalue weighted by atomic mass is 16.5. The molecule has 30 heavy (non-hydrogen) atoms. The van der Waals surface area contributed by atoms with E-state index in [1.165, 1.54) is 0 Å². The molecular formula is C23H28N4O3. The van der Waals surface area contributed by atoms with E-state index in [-0.39, 0.29) is 18.0 Å². The number of ether oxygens (including phenoxy) is 2. The van der Waals surface area contributed by atoms with Crippen LogP contribution in [0.4, 0.5) is 0 Å². The van der Waals surface area contributed by atoms with E-state index in [1.54, 1.807) is 20.4 Å². The van der Waals surface area contributed by atoms with E-state index in [4.69, 9.17) is 14.5 Å². The molecule has 0 N–H and O–H groups in total. The van der Waals surface area contributed by atoms with Crippen LogP contribution in [0.25, 0.3) is 11.0 Å². The maximum atomic E-state index is 13.6. The highest BCUT2D eigenvalue weighted by molar-refractivity contribution is 5.98. The molecule has 0 aliphatic carbocycles. The minimum absolute atomic E-state index is 0.00781. The van der Waals surface area contributed by atoms with E-state index in [0.717, 1.165) is 46.6 Å². The molecular weight excluding hydrogens is 380 g/mol. The Kier molecular flexibility index (Phi) is 5.37. The molecule has 0 spiro atoms. The van der Waals surface area contributed by atoms with Crippen molar-refractivity contribution in [2.45, 2.75) is 45.7 Å². The fraction of sp³-hybridized carbons (Fsp3) is 0.435. The molecule has 1 aromatic carbocycles. The lowest BCUT2D eigenvalue weighted by molar-refractivity contribution is 0.0733. The average molecular weight is 409 g/mol. The molecule has 3 heterocycles. The minimum atomic E-state index is -0.0592. The van der Waals surface area contributed by atoms with Crippen LogP contribution in [0.15, 0.2) is 30.5 Å². The zero-order valence-electron chi connectivity index (χ0n) is 18.2. The van der Waals surface area contributed by atoms with Crippen molar-refractivity contribution in [1.29, 1.82) is 0 Å². The van der Waals surface area contributed by atoms with Crippen molar-refractivity contribution in [2.24, 2.45) is 0 Å². The lowest BCUT2D eigenvalue weighted by Gasteiger charge is -2.27. The van der Waals surface area contributed by atoms with Crippen LogP contribution < -0.4 is 9.47 Å². The van der Waals surface area contributed by atoms with Gasteiger partial charge in [0.15, 0.2) is 5.65 Å². The van der Waals surface area contributed by atoms with E-state index in [2.05, 4.69) is 18.9 Å². The Bertz CT molecular complexity index is 1090. The molecule has 1 saturated heterocycles. The second-order valence-corrected chi connectivity index (χ2v) is 7.98. The SMILES string of the molecule is COc1ccc(OC)c(C2CCCN2C(=O)c2cc3cnn(C(C)C)c3nc2C)c1. The standard InChI is InChI=1S/C23H28N4O3/c1-14(2)27-22-16(13-24-27)11-18(15(3)25-22)23(28)26-10-6-7-20(26)19-12-17(29-4)8-9-21(19)30-5/h8-9,11-14,20H,6-7,10H2,1-5H3. The van der Waals surface area contributed by atoms with Gasteiger partial charge in [-0.1, -0.05) is 0 Å². The van der Waals surface area contributed by atoms with E-state index >= 15 is 0 Å². The quantitative estimate of drug-likeness (QED) is 0.629. The minimum Gasteiger partial charge on any atom is -0.497 e. The number of carbonyl (C=O) groups excluding carboxylic acids is 1. The molecule has 0 radical (unpaired) electrons. The summed E-state index contributed by atoms with van der Waals surface area (Å²) in [4.78, 5) is 20.2. The summed E-state index contributed by atoms with van der Waals surface area (Å²) in [5.74, 6) is 1.51. The number of hydrogen-bond donors (Lipinski definition) is 0. The van der Waals surface area contributed by atoms with Crippen molar-refractivity contribution < 1.29 is 14.3 Å². The van der Waals surface area contributed by atoms with Crippen molar-refractivity contribution in [3.05, 3.63) is 47.3 Å². The van der Waals surface area contributed by atoms with Gasteiger partial charge in [-0.05, 0) is 57.9 Å². The summed E-state index contributed by atoms with van der Waals surface area (Å²) < 4.78 is 12.9. The zero-order chi connectivity index (χ0) is 21.4. The average Bonchev–Trinajstić information content (AvgIpc) is 3.39. The highest BCUT2D eigenvalue weighted by Gasteiger charge is 2.33. The smallest absolute Gasteiger partial charge is 0.256 e. The number of benzene rings is 1. The number of carbonyl (C=O) groups is 1. The van der Waals surface area contributed by atoms with Crippen molar-refractivity contribution in [3.63, 3.8) is 0 Å². The van der Waals surface area contributed by atoms with Crippen LogP contribution in [0, 0.1) is 6.92 Å². The van der Waals surface area contributed by atoms with Gasteiger partial charge in [0.1, 0.15) is 11.5 Å². The first-order valence-electron chi connectivity index (χ1n) is 10.3. The normalized spacial score (nSPS) is 16.5. The summed E-state index contributed by atoms with van der Waals surface area (Å²) in [6.07, 6.45) is 3.61. The lowest BCUT2D eigenvalue weighted by Crippen LogP contribution is -2.31. The summed E-state index contributed by atoms with van der Waals surface area (Å²) in [7, 11) is 3.30. The zero-order valence-corrected chi connectivity index (χ0v) is 18.2. The van der Waals surface area contributed by atoms with Gasteiger partial charge in [0, 0.05) is 23.5 Å². The summed E-state index contributed by atoms with van der Waals surface area (Å²) in [6.45, 7) is 6.73. The Morgan fingerprint density at radius 3 is 2.70 bits per heavy atom. The molecule has 1 aliphatic heterocycles. The fourth-order valence-electron chi connectivity index (χ4n) is 4.25. The Morgan fingerprint density at radius 1 is 1.20 bits per heavy atom.